The predicted molar refractivity (Wildman–Crippen MR) is 105 cm³/mol. The molecular weight excluding hydrogens is 384 g/mol. The lowest BCUT2D eigenvalue weighted by Crippen LogP contribution is -2.37. The number of halogens is 2. The Balaban J connectivity index is 1.97. The number of hydrogen-bond donors (Lipinski definition) is 4. The van der Waals surface area contributed by atoms with Crippen LogP contribution in [0.25, 0.3) is 0 Å². The Labute approximate surface area is 166 Å². The number of amides is 1. The first-order valence-electron chi connectivity index (χ1n) is 8.75. The van der Waals surface area contributed by atoms with Gasteiger partial charge < -0.3 is 21.1 Å². The summed E-state index contributed by atoms with van der Waals surface area (Å²) in [5.41, 5.74) is 0.371. The van der Waals surface area contributed by atoms with E-state index in [1.54, 1.807) is 19.2 Å². The molecule has 11 heteroatoms. The van der Waals surface area contributed by atoms with Gasteiger partial charge in [-0.3, -0.25) is 9.48 Å². The van der Waals surface area contributed by atoms with Gasteiger partial charge in [0.1, 0.15) is 24.0 Å². The van der Waals surface area contributed by atoms with Crippen molar-refractivity contribution in [3.8, 4) is 0 Å². The smallest absolute Gasteiger partial charge is 0.242 e. The van der Waals surface area contributed by atoms with Crippen LogP contribution < -0.4 is 16.0 Å². The molecule has 0 radical (unpaired) electrons. The molecule has 29 heavy (non-hydrogen) atoms. The number of nitrogens with one attached hydrogen (secondary N) is 3. The summed E-state index contributed by atoms with van der Waals surface area (Å²) in [5.74, 6) is -1.22. The molecule has 0 saturated heterocycles. The van der Waals surface area contributed by atoms with E-state index in [2.05, 4.69) is 37.6 Å². The number of anilines is 3. The predicted octanol–water partition coefficient (Wildman–Crippen LogP) is 2.05. The van der Waals surface area contributed by atoms with Gasteiger partial charge in [-0.25, -0.2) is 13.8 Å². The van der Waals surface area contributed by atoms with Gasteiger partial charge in [0.25, 0.3) is 0 Å². The van der Waals surface area contributed by atoms with Crippen LogP contribution in [0.2, 0.25) is 0 Å². The van der Waals surface area contributed by atoms with E-state index < -0.39 is 11.7 Å². The van der Waals surface area contributed by atoms with Gasteiger partial charge in [-0.1, -0.05) is 6.58 Å². The van der Waals surface area contributed by atoms with E-state index >= 15 is 0 Å². The molecule has 4 N–H and O–H groups in total. The van der Waals surface area contributed by atoms with Gasteiger partial charge in [-0.2, -0.15) is 10.1 Å². The topological polar surface area (TPSA) is 117 Å². The molecule has 1 amide bonds. The number of aromatic nitrogens is 4. The van der Waals surface area contributed by atoms with Gasteiger partial charge in [0.05, 0.1) is 18.5 Å². The monoisotopic (exact) mass is 407 g/mol. The van der Waals surface area contributed by atoms with Crippen molar-refractivity contribution in [2.45, 2.75) is 26.4 Å². The molecule has 156 valence electrons. The Morgan fingerprint density at radius 2 is 2.17 bits per heavy atom. The van der Waals surface area contributed by atoms with Gasteiger partial charge in [0, 0.05) is 30.6 Å². The van der Waals surface area contributed by atoms with Crippen molar-refractivity contribution in [3.63, 3.8) is 0 Å². The van der Waals surface area contributed by atoms with Gasteiger partial charge >= 0.3 is 0 Å². The second kappa shape index (κ2) is 10.3. The van der Waals surface area contributed by atoms with Crippen LogP contribution in [0.1, 0.15) is 13.8 Å². The van der Waals surface area contributed by atoms with Crippen LogP contribution in [0.3, 0.4) is 0 Å². The molecular formula is C18H23F2N7O2. The second-order valence-electron chi connectivity index (χ2n) is 6.24. The number of carbonyl (C=O) groups is 1. The minimum atomic E-state index is -0.852. The van der Waals surface area contributed by atoms with E-state index in [1.807, 2.05) is 0 Å². The molecule has 0 aromatic carbocycles. The third-order valence-electron chi connectivity index (χ3n) is 3.72. The number of aliphatic hydroxyl groups excluding tert-OH is 1. The zero-order valence-electron chi connectivity index (χ0n) is 16.1. The minimum Gasteiger partial charge on any atom is -0.394 e. The van der Waals surface area contributed by atoms with Crippen LogP contribution in [0, 0.1) is 0 Å². The Kier molecular flexibility index (Phi) is 7.78. The highest BCUT2D eigenvalue weighted by Gasteiger charge is 2.10. The van der Waals surface area contributed by atoms with Crippen molar-refractivity contribution in [2.24, 2.45) is 0 Å². The lowest BCUT2D eigenvalue weighted by Gasteiger charge is -2.10. The van der Waals surface area contributed by atoms with E-state index in [0.29, 0.717) is 11.5 Å². The summed E-state index contributed by atoms with van der Waals surface area (Å²) in [7, 11) is 0. The molecule has 2 rings (SSSR count). The maximum Gasteiger partial charge on any atom is 0.242 e. The summed E-state index contributed by atoms with van der Waals surface area (Å²) >= 11 is 0. The van der Waals surface area contributed by atoms with E-state index in [1.165, 1.54) is 17.1 Å². The molecule has 2 heterocycles. The molecule has 2 aromatic rings. The molecule has 0 aliphatic rings. The lowest BCUT2D eigenvalue weighted by atomic mass is 10.2. The third-order valence-corrected chi connectivity index (χ3v) is 3.72. The van der Waals surface area contributed by atoms with Crippen molar-refractivity contribution >= 4 is 23.4 Å². The zero-order chi connectivity index (χ0) is 21.4. The summed E-state index contributed by atoms with van der Waals surface area (Å²) in [6.45, 7) is 5.66. The normalized spacial score (nSPS) is 12.7. The maximum absolute atomic E-state index is 13.3. The molecule has 0 fully saturated rings. The molecule has 0 aliphatic carbocycles. The van der Waals surface area contributed by atoms with Crippen LogP contribution in [-0.2, 0) is 11.3 Å². The van der Waals surface area contributed by atoms with Gasteiger partial charge in [0.2, 0.25) is 11.9 Å². The zero-order valence-corrected chi connectivity index (χ0v) is 16.1. The molecule has 1 atom stereocenters. The van der Waals surface area contributed by atoms with E-state index in [0.717, 1.165) is 6.92 Å². The standard InChI is InChI=1S/C18H23F2N7O2/c1-11(10-28)24-17(29)9-27-8-14(6-23-27)25-18-21-5-4-16(26-18)22-7-15(12(2)19)13(3)20/h4-6,8,11,28H,2,7,9-10H2,1,3H3,(H,24,29)(H2,21,22,25,26)/b15-13+/t11-/m1/s1. The van der Waals surface area contributed by atoms with Crippen molar-refractivity contribution in [1.82, 2.24) is 25.1 Å². The molecule has 0 spiro atoms. The first-order valence-corrected chi connectivity index (χ1v) is 8.75. The number of rotatable bonds is 10. The van der Waals surface area contributed by atoms with Crippen molar-refractivity contribution < 1.29 is 18.7 Å². The lowest BCUT2D eigenvalue weighted by molar-refractivity contribution is -0.122. The highest BCUT2D eigenvalue weighted by molar-refractivity contribution is 5.76. The number of aliphatic hydroxyl groups is 1. The molecule has 0 bridgehead atoms. The van der Waals surface area contributed by atoms with Crippen LogP contribution >= 0.6 is 0 Å². The average molecular weight is 407 g/mol. The van der Waals surface area contributed by atoms with Gasteiger partial charge in [-0.15, -0.1) is 0 Å². The average Bonchev–Trinajstić information content (AvgIpc) is 3.08. The van der Waals surface area contributed by atoms with Crippen LogP contribution in [0.5, 0.6) is 0 Å². The quantitative estimate of drug-likeness (QED) is 0.445. The molecule has 0 aliphatic heterocycles. The summed E-state index contributed by atoms with van der Waals surface area (Å²) < 4.78 is 28.0. The highest BCUT2D eigenvalue weighted by atomic mass is 19.1. The van der Waals surface area contributed by atoms with E-state index in [9.17, 15) is 13.6 Å². The summed E-state index contributed by atoms with van der Waals surface area (Å²) in [6.07, 6.45) is 4.56. The summed E-state index contributed by atoms with van der Waals surface area (Å²) in [5, 5.41) is 21.4. The first kappa shape index (κ1) is 22.0. The Hall–Kier alpha value is -3.34. The van der Waals surface area contributed by atoms with Gasteiger partial charge in [-0.05, 0) is 19.9 Å². The Bertz CT molecular complexity index is 894. The van der Waals surface area contributed by atoms with Crippen LogP contribution in [-0.4, -0.2) is 50.0 Å². The molecule has 9 nitrogen and oxygen atoms in total. The minimum absolute atomic E-state index is 0.0146. The number of allylic oxidation sites excluding steroid dienone is 1. The summed E-state index contributed by atoms with van der Waals surface area (Å²) in [6, 6.07) is 1.21. The SMILES string of the molecule is C=C(F)/C(CNc1ccnc(Nc2cnn(CC(=O)N[C@H](C)CO)c2)n1)=C(\C)F. The van der Waals surface area contributed by atoms with E-state index in [4.69, 9.17) is 5.11 Å². The number of carbonyl (C=O) groups excluding carboxylic acids is 1. The Morgan fingerprint density at radius 3 is 2.83 bits per heavy atom. The highest BCUT2D eigenvalue weighted by Crippen LogP contribution is 2.17. The number of nitrogens with zero attached hydrogens (tertiary/aromatic N) is 4. The molecule has 2 aromatic heterocycles. The maximum atomic E-state index is 13.3. The largest absolute Gasteiger partial charge is 0.394 e. The van der Waals surface area contributed by atoms with E-state index in [-0.39, 0.29) is 43.2 Å². The fourth-order valence-electron chi connectivity index (χ4n) is 2.26. The first-order chi connectivity index (χ1) is 13.8. The fourth-order valence-corrected chi connectivity index (χ4v) is 2.26. The van der Waals surface area contributed by atoms with Crippen LogP contribution in [0.15, 0.2) is 48.5 Å². The van der Waals surface area contributed by atoms with Crippen molar-refractivity contribution in [2.75, 3.05) is 23.8 Å². The fraction of sp³-hybridized carbons (Fsp3) is 0.333. The second-order valence-corrected chi connectivity index (χ2v) is 6.24. The number of hydrogen-bond acceptors (Lipinski definition) is 7. The summed E-state index contributed by atoms with van der Waals surface area (Å²) in [4.78, 5) is 20.1. The van der Waals surface area contributed by atoms with Crippen LogP contribution in [0.4, 0.5) is 26.2 Å². The molecule has 0 unspecified atom stereocenters. The van der Waals surface area contributed by atoms with Crippen molar-refractivity contribution in [1.29, 1.82) is 0 Å². The van der Waals surface area contributed by atoms with Crippen molar-refractivity contribution in [3.05, 3.63) is 48.5 Å². The van der Waals surface area contributed by atoms with Gasteiger partial charge in [0.15, 0.2) is 0 Å². The molecule has 0 saturated carbocycles. The third kappa shape index (κ3) is 6.96. The Morgan fingerprint density at radius 1 is 1.41 bits per heavy atom.